The summed E-state index contributed by atoms with van der Waals surface area (Å²) in [6, 6.07) is 14.5. The number of benzene rings is 2. The lowest BCUT2D eigenvalue weighted by Gasteiger charge is -2.33. The third kappa shape index (κ3) is 6.65. The second kappa shape index (κ2) is 11.8. The maximum atomic E-state index is 12.6. The second-order valence-corrected chi connectivity index (χ2v) is 8.72. The van der Waals surface area contributed by atoms with E-state index in [9.17, 15) is 4.79 Å². The Morgan fingerprint density at radius 1 is 1.09 bits per heavy atom. The maximum absolute atomic E-state index is 12.6. The molecule has 3 rings (SSSR count). The van der Waals surface area contributed by atoms with Crippen LogP contribution in [0.2, 0.25) is 0 Å². The first kappa shape index (κ1) is 24.0. The minimum absolute atomic E-state index is 0.0175. The van der Waals surface area contributed by atoms with Gasteiger partial charge in [-0.1, -0.05) is 25.1 Å². The molecule has 1 amide bonds. The van der Waals surface area contributed by atoms with Crippen LogP contribution in [-0.2, 0) is 11.2 Å². The molecule has 1 N–H and O–H groups in total. The highest BCUT2D eigenvalue weighted by Gasteiger charge is 2.17. The van der Waals surface area contributed by atoms with Crippen molar-refractivity contribution >= 4 is 11.6 Å². The molecule has 174 valence electrons. The van der Waals surface area contributed by atoms with Gasteiger partial charge in [-0.25, -0.2) is 0 Å². The van der Waals surface area contributed by atoms with Crippen LogP contribution in [0.15, 0.2) is 42.5 Å². The van der Waals surface area contributed by atoms with Gasteiger partial charge >= 0.3 is 0 Å². The van der Waals surface area contributed by atoms with Gasteiger partial charge < -0.3 is 19.7 Å². The van der Waals surface area contributed by atoms with Crippen LogP contribution in [0.5, 0.6) is 11.5 Å². The Bertz CT molecular complexity index is 866. The number of nitrogens with zero attached hydrogens (tertiary/aromatic N) is 1. The van der Waals surface area contributed by atoms with Crippen molar-refractivity contribution in [1.82, 2.24) is 5.32 Å². The lowest BCUT2D eigenvalue weighted by molar-refractivity contribution is -0.121. The molecule has 1 aliphatic heterocycles. The molecule has 2 atom stereocenters. The summed E-state index contributed by atoms with van der Waals surface area (Å²) in [6.45, 7) is 11.7. The number of nitrogens with one attached hydrogen (secondary N) is 1. The highest BCUT2D eigenvalue weighted by Crippen LogP contribution is 2.29. The molecule has 1 saturated heterocycles. The fourth-order valence-electron chi connectivity index (χ4n) is 4.30. The number of carbonyl (C=O) groups is 1. The molecule has 0 aromatic heterocycles. The zero-order chi connectivity index (χ0) is 22.9. The Hall–Kier alpha value is -2.69. The van der Waals surface area contributed by atoms with Crippen LogP contribution in [0.1, 0.15) is 64.1 Å². The van der Waals surface area contributed by atoms with E-state index >= 15 is 0 Å². The number of piperidine rings is 1. The number of hydrogen-bond donors (Lipinski definition) is 1. The molecular weight excluding hydrogens is 400 g/mol. The van der Waals surface area contributed by atoms with Crippen LogP contribution in [0.4, 0.5) is 5.69 Å². The van der Waals surface area contributed by atoms with E-state index in [2.05, 4.69) is 41.4 Å². The van der Waals surface area contributed by atoms with Crippen LogP contribution in [-0.4, -0.2) is 32.2 Å². The fraction of sp³-hybridized carbons (Fsp3) is 0.519. The molecule has 5 nitrogen and oxygen atoms in total. The fourth-order valence-corrected chi connectivity index (χ4v) is 4.30. The zero-order valence-corrected chi connectivity index (χ0v) is 20.0. The summed E-state index contributed by atoms with van der Waals surface area (Å²) in [5, 5.41) is 3.14. The van der Waals surface area contributed by atoms with Gasteiger partial charge in [0, 0.05) is 25.2 Å². The average molecular weight is 439 g/mol. The van der Waals surface area contributed by atoms with Gasteiger partial charge in [0.1, 0.15) is 0 Å². The van der Waals surface area contributed by atoms with E-state index in [1.165, 1.54) is 18.5 Å². The monoisotopic (exact) mass is 438 g/mol. The largest absolute Gasteiger partial charge is 0.490 e. The minimum Gasteiger partial charge on any atom is -0.490 e. The second-order valence-electron chi connectivity index (χ2n) is 8.72. The first-order valence-electron chi connectivity index (χ1n) is 12.0. The van der Waals surface area contributed by atoms with Crippen molar-refractivity contribution in [3.8, 4) is 11.5 Å². The van der Waals surface area contributed by atoms with Crippen molar-refractivity contribution in [2.24, 2.45) is 5.92 Å². The lowest BCUT2D eigenvalue weighted by atomic mass is 9.99. The van der Waals surface area contributed by atoms with Crippen LogP contribution in [0.3, 0.4) is 0 Å². The summed E-state index contributed by atoms with van der Waals surface area (Å²) in [6.07, 6.45) is 3.68. The van der Waals surface area contributed by atoms with Gasteiger partial charge in [-0.05, 0) is 81.3 Å². The number of carbonyl (C=O) groups excluding carboxylic acids is 1. The van der Waals surface area contributed by atoms with E-state index in [1.54, 1.807) is 0 Å². The smallest absolute Gasteiger partial charge is 0.220 e. The summed E-state index contributed by atoms with van der Waals surface area (Å²) in [5.74, 6) is 2.29. The molecule has 1 fully saturated rings. The molecule has 0 aliphatic carbocycles. The number of amides is 1. The van der Waals surface area contributed by atoms with Crippen molar-refractivity contribution in [3.63, 3.8) is 0 Å². The maximum Gasteiger partial charge on any atom is 0.220 e. The SMILES string of the molecule is CCOc1ccc(CCC(=O)N[C@H](C)c2ccc(N3CCC[C@H](C)C3)cc2)cc1OCC. The quantitative estimate of drug-likeness (QED) is 0.530. The van der Waals surface area contributed by atoms with Crippen molar-refractivity contribution in [1.29, 1.82) is 0 Å². The van der Waals surface area contributed by atoms with E-state index in [-0.39, 0.29) is 11.9 Å². The van der Waals surface area contributed by atoms with E-state index < -0.39 is 0 Å². The summed E-state index contributed by atoms with van der Waals surface area (Å²) >= 11 is 0. The van der Waals surface area contributed by atoms with Gasteiger partial charge in [-0.15, -0.1) is 0 Å². The van der Waals surface area contributed by atoms with Crippen LogP contribution < -0.4 is 19.7 Å². The van der Waals surface area contributed by atoms with E-state index in [1.807, 2.05) is 39.0 Å². The van der Waals surface area contributed by atoms with Crippen molar-refractivity contribution in [2.75, 3.05) is 31.2 Å². The third-order valence-electron chi connectivity index (χ3n) is 6.04. The Balaban J connectivity index is 1.52. The van der Waals surface area contributed by atoms with Gasteiger partial charge in [-0.2, -0.15) is 0 Å². The molecule has 1 heterocycles. The van der Waals surface area contributed by atoms with Crippen LogP contribution in [0, 0.1) is 5.92 Å². The van der Waals surface area contributed by atoms with Crippen molar-refractivity contribution in [3.05, 3.63) is 53.6 Å². The topological polar surface area (TPSA) is 50.8 Å². The molecule has 1 aliphatic rings. The van der Waals surface area contributed by atoms with Gasteiger partial charge in [-0.3, -0.25) is 4.79 Å². The highest BCUT2D eigenvalue weighted by atomic mass is 16.5. The van der Waals surface area contributed by atoms with Gasteiger partial charge in [0.2, 0.25) is 5.91 Å². The number of hydrogen-bond acceptors (Lipinski definition) is 4. The van der Waals surface area contributed by atoms with E-state index in [4.69, 9.17) is 9.47 Å². The van der Waals surface area contributed by atoms with Gasteiger partial charge in [0.15, 0.2) is 11.5 Å². The number of ether oxygens (including phenoxy) is 2. The molecule has 0 bridgehead atoms. The van der Waals surface area contributed by atoms with Crippen molar-refractivity contribution in [2.45, 2.75) is 59.4 Å². The molecule has 32 heavy (non-hydrogen) atoms. The van der Waals surface area contributed by atoms with Crippen LogP contribution in [0.25, 0.3) is 0 Å². The van der Waals surface area contributed by atoms with E-state index in [0.717, 1.165) is 41.6 Å². The highest BCUT2D eigenvalue weighted by molar-refractivity contribution is 5.76. The summed E-state index contributed by atoms with van der Waals surface area (Å²) < 4.78 is 11.3. The standard InChI is InChI=1S/C27H38N2O3/c1-5-31-25-15-9-22(18-26(25)32-6-2)10-16-27(30)28-21(4)23-11-13-24(14-12-23)29-17-7-8-20(3)19-29/h9,11-15,18,20-21H,5-8,10,16-17,19H2,1-4H3,(H,28,30)/t20-,21+/m0/s1. The predicted octanol–water partition coefficient (Wildman–Crippen LogP) is 5.53. The number of anilines is 1. The first-order chi connectivity index (χ1) is 15.5. The average Bonchev–Trinajstić information content (AvgIpc) is 2.79. The van der Waals surface area contributed by atoms with E-state index in [0.29, 0.717) is 26.1 Å². The Labute approximate surface area is 193 Å². The van der Waals surface area contributed by atoms with Gasteiger partial charge in [0.05, 0.1) is 19.3 Å². The minimum atomic E-state index is -0.0175. The molecular formula is C27H38N2O3. The molecule has 0 spiro atoms. The molecule has 0 unspecified atom stereocenters. The third-order valence-corrected chi connectivity index (χ3v) is 6.04. The lowest BCUT2D eigenvalue weighted by Crippen LogP contribution is -2.34. The normalized spacial score (nSPS) is 17.0. The Kier molecular flexibility index (Phi) is 8.83. The molecule has 0 radical (unpaired) electrons. The Morgan fingerprint density at radius 2 is 1.81 bits per heavy atom. The zero-order valence-electron chi connectivity index (χ0n) is 20.0. The van der Waals surface area contributed by atoms with Gasteiger partial charge in [0.25, 0.3) is 0 Å². The van der Waals surface area contributed by atoms with Crippen LogP contribution >= 0.6 is 0 Å². The number of rotatable bonds is 10. The predicted molar refractivity (Wildman–Crippen MR) is 131 cm³/mol. The Morgan fingerprint density at radius 3 is 2.50 bits per heavy atom. The molecule has 2 aromatic carbocycles. The molecule has 0 saturated carbocycles. The van der Waals surface area contributed by atoms with Crippen molar-refractivity contribution < 1.29 is 14.3 Å². The molecule has 2 aromatic rings. The summed E-state index contributed by atoms with van der Waals surface area (Å²) in [7, 11) is 0. The first-order valence-corrected chi connectivity index (χ1v) is 12.0. The number of aryl methyl sites for hydroxylation is 1. The molecule has 5 heteroatoms. The summed E-state index contributed by atoms with van der Waals surface area (Å²) in [4.78, 5) is 15.0. The summed E-state index contributed by atoms with van der Waals surface area (Å²) in [5.41, 5.74) is 3.48.